The van der Waals surface area contributed by atoms with Gasteiger partial charge in [0.05, 0.1) is 6.61 Å². The minimum Gasteiger partial charge on any atom is -0.477 e. The summed E-state index contributed by atoms with van der Waals surface area (Å²) in [5.74, 6) is -0.0344. The van der Waals surface area contributed by atoms with Crippen LogP contribution in [-0.2, 0) is 9.59 Å². The summed E-state index contributed by atoms with van der Waals surface area (Å²) in [5.41, 5.74) is -1.45. The summed E-state index contributed by atoms with van der Waals surface area (Å²) >= 11 is 0. The number of aliphatic hydroxyl groups excluding tert-OH is 1. The fourth-order valence-electron chi connectivity index (χ4n) is 0.550. The first-order chi connectivity index (χ1) is 4.95. The largest absolute Gasteiger partial charge is 0.477 e. The number of carbonyl (C=O) groups excluding carboxylic acids is 1. The maximum atomic E-state index is 10.3. The monoisotopic (exact) mass is 158 g/mol. The summed E-state index contributed by atoms with van der Waals surface area (Å²) in [4.78, 5) is 20.4. The van der Waals surface area contributed by atoms with Crippen molar-refractivity contribution in [1.29, 1.82) is 0 Å². The summed E-state index contributed by atoms with van der Waals surface area (Å²) in [6, 6.07) is 0. The third kappa shape index (κ3) is 2.18. The van der Waals surface area contributed by atoms with Gasteiger partial charge in [0.2, 0.25) is 0 Å². The lowest BCUT2D eigenvalue weighted by atomic mass is 9.86. The minimum absolute atomic E-state index is 0.385. The molecule has 0 saturated carbocycles. The van der Waals surface area contributed by atoms with Crippen molar-refractivity contribution >= 4 is 11.9 Å². The number of aliphatic carboxylic acids is 1. The van der Waals surface area contributed by atoms with Gasteiger partial charge in [0, 0.05) is 5.41 Å². The van der Waals surface area contributed by atoms with E-state index in [1.54, 1.807) is 0 Å². The molecule has 0 saturated heterocycles. The van der Waals surface area contributed by atoms with E-state index in [0.717, 1.165) is 0 Å². The van der Waals surface area contributed by atoms with E-state index in [-0.39, 0.29) is 6.61 Å². The quantitative estimate of drug-likeness (QED) is 0.442. The van der Waals surface area contributed by atoms with Crippen LogP contribution >= 0.6 is 0 Å². The maximum absolute atomic E-state index is 10.3. The van der Waals surface area contributed by atoms with E-state index in [1.165, 1.54) is 19.8 Å². The highest BCUT2D eigenvalue weighted by atomic mass is 16.4. The van der Waals surface area contributed by atoms with E-state index >= 15 is 0 Å². The third-order valence-corrected chi connectivity index (χ3v) is 1.39. The van der Waals surface area contributed by atoms with Gasteiger partial charge >= 0.3 is 5.97 Å². The number of carboxylic acids is 1. The molecule has 0 aromatic rings. The van der Waals surface area contributed by atoms with Crippen molar-refractivity contribution in [3.63, 3.8) is 0 Å². The van der Waals surface area contributed by atoms with Crippen LogP contribution in [0.15, 0.2) is 5.57 Å². The summed E-state index contributed by atoms with van der Waals surface area (Å²) in [6.45, 7) is 2.53. The van der Waals surface area contributed by atoms with E-state index in [2.05, 4.69) is 0 Å². The van der Waals surface area contributed by atoms with E-state index in [1.807, 2.05) is 0 Å². The van der Waals surface area contributed by atoms with Crippen LogP contribution in [0.2, 0.25) is 0 Å². The smallest absolute Gasteiger partial charge is 0.343 e. The molecule has 0 aromatic heterocycles. The Morgan fingerprint density at radius 2 is 2.00 bits per heavy atom. The lowest BCUT2D eigenvalue weighted by Gasteiger charge is -2.18. The van der Waals surface area contributed by atoms with Crippen molar-refractivity contribution in [2.24, 2.45) is 5.41 Å². The van der Waals surface area contributed by atoms with Crippen LogP contribution in [0.25, 0.3) is 0 Å². The molecule has 4 heteroatoms. The molecule has 0 bridgehead atoms. The van der Waals surface area contributed by atoms with Crippen LogP contribution in [0.3, 0.4) is 0 Å². The standard InChI is InChI=1S/C7H10O4/c1-7(2,4-9)5(3-8)6(10)11/h9H,4H2,1-2H3,(H,10,11). The van der Waals surface area contributed by atoms with Gasteiger partial charge in [-0.3, -0.25) is 0 Å². The SMILES string of the molecule is CC(C)(CO)C(=C=O)C(=O)O. The molecular weight excluding hydrogens is 148 g/mol. The van der Waals surface area contributed by atoms with Crippen LogP contribution < -0.4 is 0 Å². The summed E-state index contributed by atoms with van der Waals surface area (Å²) < 4.78 is 0. The van der Waals surface area contributed by atoms with Gasteiger partial charge < -0.3 is 10.2 Å². The molecule has 0 unspecified atom stereocenters. The molecule has 2 N–H and O–H groups in total. The Morgan fingerprint density at radius 1 is 1.55 bits per heavy atom. The van der Waals surface area contributed by atoms with E-state index in [0.29, 0.717) is 0 Å². The minimum atomic E-state index is -1.33. The number of carbonyl (C=O) groups is 1. The molecule has 0 aliphatic heterocycles. The highest BCUT2D eigenvalue weighted by Gasteiger charge is 2.29. The lowest BCUT2D eigenvalue weighted by Crippen LogP contribution is -2.25. The van der Waals surface area contributed by atoms with Gasteiger partial charge in [0.25, 0.3) is 0 Å². The van der Waals surface area contributed by atoms with Crippen molar-refractivity contribution in [3.8, 4) is 0 Å². The Kier molecular flexibility index (Phi) is 2.99. The highest BCUT2D eigenvalue weighted by molar-refractivity contribution is 5.96. The van der Waals surface area contributed by atoms with Crippen molar-refractivity contribution in [2.45, 2.75) is 13.8 Å². The Balaban J connectivity index is 4.81. The van der Waals surface area contributed by atoms with Gasteiger partial charge in [-0.05, 0) is 0 Å². The molecule has 11 heavy (non-hydrogen) atoms. The molecule has 0 spiro atoms. The number of rotatable bonds is 3. The number of hydrogen-bond donors (Lipinski definition) is 2. The Labute approximate surface area is 64.2 Å². The van der Waals surface area contributed by atoms with Gasteiger partial charge in [0.1, 0.15) is 11.5 Å². The normalized spacial score (nSPS) is 10.5. The molecular formula is C7H10O4. The zero-order valence-corrected chi connectivity index (χ0v) is 6.42. The highest BCUT2D eigenvalue weighted by Crippen LogP contribution is 2.22. The second kappa shape index (κ2) is 3.32. The van der Waals surface area contributed by atoms with Crippen molar-refractivity contribution in [3.05, 3.63) is 5.57 Å². The number of carboxylic acid groups (broad SMARTS) is 1. The Hall–Kier alpha value is -1.12. The zero-order valence-electron chi connectivity index (χ0n) is 6.42. The summed E-state index contributed by atoms with van der Waals surface area (Å²) in [6.07, 6.45) is 0. The molecule has 0 heterocycles. The van der Waals surface area contributed by atoms with Gasteiger partial charge in [0.15, 0.2) is 0 Å². The van der Waals surface area contributed by atoms with Gasteiger partial charge in [-0.2, -0.15) is 0 Å². The van der Waals surface area contributed by atoms with Crippen LogP contribution in [-0.4, -0.2) is 28.7 Å². The molecule has 0 aliphatic rings. The second-order valence-electron chi connectivity index (χ2n) is 2.82. The lowest BCUT2D eigenvalue weighted by molar-refractivity contribution is -0.133. The average molecular weight is 158 g/mol. The van der Waals surface area contributed by atoms with Gasteiger partial charge in [-0.15, -0.1) is 0 Å². The van der Waals surface area contributed by atoms with E-state index < -0.39 is 17.0 Å². The van der Waals surface area contributed by atoms with Crippen LogP contribution in [0, 0.1) is 5.41 Å². The third-order valence-electron chi connectivity index (χ3n) is 1.39. The first-order valence-corrected chi connectivity index (χ1v) is 3.05. The molecule has 0 amide bonds. The fourth-order valence-corrected chi connectivity index (χ4v) is 0.550. The molecule has 0 atom stereocenters. The van der Waals surface area contributed by atoms with Gasteiger partial charge in [-0.1, -0.05) is 13.8 Å². The Bertz CT molecular complexity index is 210. The number of hydrogen-bond acceptors (Lipinski definition) is 3. The van der Waals surface area contributed by atoms with Crippen molar-refractivity contribution in [2.75, 3.05) is 6.61 Å². The topological polar surface area (TPSA) is 74.6 Å². The maximum Gasteiger partial charge on any atom is 0.343 e. The zero-order chi connectivity index (χ0) is 9.07. The van der Waals surface area contributed by atoms with Crippen LogP contribution in [0.4, 0.5) is 0 Å². The average Bonchev–Trinajstić information content (AvgIpc) is 1.88. The molecule has 0 radical (unpaired) electrons. The molecule has 0 aromatic carbocycles. The van der Waals surface area contributed by atoms with Gasteiger partial charge in [-0.25, -0.2) is 9.59 Å². The van der Waals surface area contributed by atoms with E-state index in [4.69, 9.17) is 10.2 Å². The van der Waals surface area contributed by atoms with Crippen LogP contribution in [0.1, 0.15) is 13.8 Å². The first kappa shape index (κ1) is 9.88. The molecule has 0 aliphatic carbocycles. The molecule has 0 rings (SSSR count). The summed E-state index contributed by atoms with van der Waals surface area (Å²) in [7, 11) is 0. The second-order valence-corrected chi connectivity index (χ2v) is 2.82. The van der Waals surface area contributed by atoms with Crippen molar-refractivity contribution < 1.29 is 19.8 Å². The predicted octanol–water partition coefficient (Wildman–Crippen LogP) is -0.152. The molecule has 4 nitrogen and oxygen atoms in total. The first-order valence-electron chi connectivity index (χ1n) is 3.05. The molecule has 0 fully saturated rings. The fraction of sp³-hybridized carbons (Fsp3) is 0.571. The predicted molar refractivity (Wildman–Crippen MR) is 37.7 cm³/mol. The number of aliphatic hydroxyl groups is 1. The van der Waals surface area contributed by atoms with E-state index in [9.17, 15) is 9.59 Å². The van der Waals surface area contributed by atoms with Crippen molar-refractivity contribution in [1.82, 2.24) is 0 Å². The van der Waals surface area contributed by atoms with Crippen LogP contribution in [0.5, 0.6) is 0 Å². The molecule has 62 valence electrons. The summed E-state index contributed by atoms with van der Waals surface area (Å²) in [5, 5.41) is 17.1. The Morgan fingerprint density at radius 3 is 2.09 bits per heavy atom.